The van der Waals surface area contributed by atoms with Crippen LogP contribution in [0.3, 0.4) is 0 Å². The van der Waals surface area contributed by atoms with Gasteiger partial charge >= 0.3 is 0 Å². The molecule has 2 aromatic heterocycles. The molecular formula is C12H4Cl4N2S. The maximum Gasteiger partial charge on any atom is 0.173 e. The normalized spacial score (nSPS) is 11.2. The fourth-order valence-electron chi connectivity index (χ4n) is 1.68. The molecule has 19 heavy (non-hydrogen) atoms. The van der Waals surface area contributed by atoms with Crippen molar-refractivity contribution in [3.05, 3.63) is 43.8 Å². The molecular weight excluding hydrogens is 346 g/mol. The lowest BCUT2D eigenvalue weighted by Gasteiger charge is -2.06. The Labute approximate surface area is 132 Å². The van der Waals surface area contributed by atoms with Crippen molar-refractivity contribution in [2.45, 2.75) is 0 Å². The molecule has 0 fully saturated rings. The molecule has 1 aromatic carbocycles. The van der Waals surface area contributed by atoms with Gasteiger partial charge in [0.1, 0.15) is 5.15 Å². The van der Waals surface area contributed by atoms with Gasteiger partial charge in [-0.2, -0.15) is 0 Å². The monoisotopic (exact) mass is 348 g/mol. The summed E-state index contributed by atoms with van der Waals surface area (Å²) in [5.41, 5.74) is 0.522. The van der Waals surface area contributed by atoms with Crippen molar-refractivity contribution in [1.29, 1.82) is 0 Å². The van der Waals surface area contributed by atoms with Crippen molar-refractivity contribution in [1.82, 2.24) is 9.97 Å². The van der Waals surface area contributed by atoms with Gasteiger partial charge in [-0.25, -0.2) is 9.97 Å². The van der Waals surface area contributed by atoms with Gasteiger partial charge in [0.15, 0.2) is 5.82 Å². The molecule has 0 aliphatic heterocycles. The van der Waals surface area contributed by atoms with E-state index in [0.29, 0.717) is 31.8 Å². The Bertz CT molecular complexity index is 785. The summed E-state index contributed by atoms with van der Waals surface area (Å²) in [4.78, 5) is 9.41. The highest BCUT2D eigenvalue weighted by atomic mass is 35.5. The molecule has 2 heterocycles. The molecule has 0 unspecified atom stereocenters. The third-order valence-electron chi connectivity index (χ3n) is 2.53. The number of aromatic nitrogens is 2. The number of nitrogens with zero attached hydrogens (tertiary/aromatic N) is 2. The van der Waals surface area contributed by atoms with Crippen molar-refractivity contribution >= 4 is 68.6 Å². The molecule has 96 valence electrons. The van der Waals surface area contributed by atoms with E-state index >= 15 is 0 Å². The predicted molar refractivity (Wildman–Crippen MR) is 82.9 cm³/mol. The zero-order chi connectivity index (χ0) is 13.6. The van der Waals surface area contributed by atoms with Crippen LogP contribution in [0.2, 0.25) is 20.2 Å². The molecule has 0 saturated heterocycles. The minimum absolute atomic E-state index is 0.261. The van der Waals surface area contributed by atoms with Gasteiger partial charge in [-0.05, 0) is 23.6 Å². The van der Waals surface area contributed by atoms with Crippen LogP contribution in [0.5, 0.6) is 0 Å². The van der Waals surface area contributed by atoms with Crippen LogP contribution in [0, 0.1) is 0 Å². The van der Waals surface area contributed by atoms with Gasteiger partial charge in [0.05, 0.1) is 30.8 Å². The summed E-state index contributed by atoms with van der Waals surface area (Å²) in [5.74, 6) is 0.446. The van der Waals surface area contributed by atoms with Crippen molar-refractivity contribution in [2.24, 2.45) is 0 Å². The van der Waals surface area contributed by atoms with E-state index in [2.05, 4.69) is 9.97 Å². The van der Waals surface area contributed by atoms with Crippen LogP contribution < -0.4 is 0 Å². The highest BCUT2D eigenvalue weighted by Crippen LogP contribution is 2.37. The lowest BCUT2D eigenvalue weighted by Crippen LogP contribution is -1.92. The Balaban J connectivity index is 2.37. The Morgan fingerprint density at radius 3 is 2.26 bits per heavy atom. The van der Waals surface area contributed by atoms with Gasteiger partial charge in [-0.3, -0.25) is 0 Å². The molecule has 0 atom stereocenters. The van der Waals surface area contributed by atoms with E-state index in [1.54, 1.807) is 18.2 Å². The second-order valence-electron chi connectivity index (χ2n) is 3.69. The number of rotatable bonds is 1. The van der Waals surface area contributed by atoms with Gasteiger partial charge < -0.3 is 0 Å². The van der Waals surface area contributed by atoms with E-state index < -0.39 is 0 Å². The van der Waals surface area contributed by atoms with Crippen LogP contribution in [0.15, 0.2) is 23.6 Å². The van der Waals surface area contributed by atoms with E-state index in [1.807, 2.05) is 5.38 Å². The molecule has 0 bridgehead atoms. The first kappa shape index (κ1) is 13.4. The molecule has 0 radical (unpaired) electrons. The third kappa shape index (κ3) is 2.30. The molecule has 7 heteroatoms. The lowest BCUT2D eigenvalue weighted by molar-refractivity contribution is 1.24. The first-order valence-electron chi connectivity index (χ1n) is 5.12. The topological polar surface area (TPSA) is 25.8 Å². The molecule has 0 spiro atoms. The Kier molecular flexibility index (Phi) is 3.58. The van der Waals surface area contributed by atoms with E-state index in [-0.39, 0.29) is 5.15 Å². The Morgan fingerprint density at radius 1 is 0.842 bits per heavy atom. The standard InChI is InChI=1S/C12H4Cl4N2S/c13-5-1-2-6(14)9-8(5)11(16)18-12(17-9)10-7(15)3-4-19-10/h1-4H. The maximum atomic E-state index is 6.18. The minimum Gasteiger partial charge on any atom is -0.225 e. The fourth-order valence-corrected chi connectivity index (χ4v) is 3.52. The zero-order valence-corrected chi connectivity index (χ0v) is 13.0. The number of thiophene rings is 1. The Hall–Kier alpha value is -0.580. The number of fused-ring (bicyclic) bond motifs is 1. The highest BCUT2D eigenvalue weighted by molar-refractivity contribution is 7.14. The van der Waals surface area contributed by atoms with Crippen molar-refractivity contribution < 1.29 is 0 Å². The second kappa shape index (κ2) is 5.08. The van der Waals surface area contributed by atoms with Crippen molar-refractivity contribution in [3.63, 3.8) is 0 Å². The number of halogens is 4. The van der Waals surface area contributed by atoms with Crippen molar-refractivity contribution in [3.8, 4) is 10.7 Å². The maximum absolute atomic E-state index is 6.18. The predicted octanol–water partition coefficient (Wildman–Crippen LogP) is 5.97. The minimum atomic E-state index is 0.261. The largest absolute Gasteiger partial charge is 0.225 e. The van der Waals surface area contributed by atoms with Crippen LogP contribution in [0.1, 0.15) is 0 Å². The van der Waals surface area contributed by atoms with E-state index in [1.165, 1.54) is 11.3 Å². The van der Waals surface area contributed by atoms with Crippen LogP contribution in [0.4, 0.5) is 0 Å². The van der Waals surface area contributed by atoms with Crippen LogP contribution >= 0.6 is 57.7 Å². The third-order valence-corrected chi connectivity index (χ3v) is 4.76. The first-order valence-corrected chi connectivity index (χ1v) is 7.51. The molecule has 3 rings (SSSR count). The molecule has 0 N–H and O–H groups in total. The van der Waals surface area contributed by atoms with E-state index in [0.717, 1.165) is 4.88 Å². The average molecular weight is 350 g/mol. The van der Waals surface area contributed by atoms with Crippen LogP contribution in [-0.2, 0) is 0 Å². The highest BCUT2D eigenvalue weighted by Gasteiger charge is 2.15. The molecule has 2 nitrogen and oxygen atoms in total. The van der Waals surface area contributed by atoms with Gasteiger partial charge in [-0.1, -0.05) is 46.4 Å². The lowest BCUT2D eigenvalue weighted by atomic mass is 10.2. The van der Waals surface area contributed by atoms with Gasteiger partial charge in [0.25, 0.3) is 0 Å². The van der Waals surface area contributed by atoms with Gasteiger partial charge in [0, 0.05) is 0 Å². The molecule has 0 amide bonds. The Morgan fingerprint density at radius 2 is 1.58 bits per heavy atom. The number of hydrogen-bond donors (Lipinski definition) is 0. The summed E-state index contributed by atoms with van der Waals surface area (Å²) < 4.78 is 0. The SMILES string of the molecule is Clc1ccsc1-c1nc(Cl)c2c(Cl)ccc(Cl)c2n1. The van der Waals surface area contributed by atoms with E-state index in [9.17, 15) is 0 Å². The smallest absolute Gasteiger partial charge is 0.173 e. The summed E-state index contributed by atoms with van der Waals surface area (Å²) in [5, 5.41) is 4.19. The van der Waals surface area contributed by atoms with E-state index in [4.69, 9.17) is 46.4 Å². The summed E-state index contributed by atoms with van der Waals surface area (Å²) in [6.07, 6.45) is 0. The van der Waals surface area contributed by atoms with Gasteiger partial charge in [-0.15, -0.1) is 11.3 Å². The average Bonchev–Trinajstić information content (AvgIpc) is 2.79. The second-order valence-corrected chi connectivity index (χ2v) is 6.18. The quantitative estimate of drug-likeness (QED) is 0.505. The number of benzene rings is 1. The van der Waals surface area contributed by atoms with Crippen LogP contribution in [-0.4, -0.2) is 9.97 Å². The zero-order valence-electron chi connectivity index (χ0n) is 9.12. The fraction of sp³-hybridized carbons (Fsp3) is 0. The summed E-state index contributed by atoms with van der Waals surface area (Å²) in [6.45, 7) is 0. The molecule has 3 aromatic rings. The first-order chi connectivity index (χ1) is 9.08. The van der Waals surface area contributed by atoms with Gasteiger partial charge in [0.2, 0.25) is 0 Å². The molecule has 0 saturated carbocycles. The number of hydrogen-bond acceptors (Lipinski definition) is 3. The summed E-state index contributed by atoms with van der Waals surface area (Å²) in [7, 11) is 0. The summed E-state index contributed by atoms with van der Waals surface area (Å²) in [6, 6.07) is 5.12. The van der Waals surface area contributed by atoms with Crippen LogP contribution in [0.25, 0.3) is 21.6 Å². The summed E-state index contributed by atoms with van der Waals surface area (Å²) >= 11 is 25.9. The molecule has 0 aliphatic carbocycles. The van der Waals surface area contributed by atoms with Crippen molar-refractivity contribution in [2.75, 3.05) is 0 Å². The molecule has 0 aliphatic rings.